The van der Waals surface area contributed by atoms with Gasteiger partial charge in [0.1, 0.15) is 11.4 Å². The molecule has 4 aromatic rings. The number of amides is 1. The average Bonchev–Trinajstić information content (AvgIpc) is 2.81. The Labute approximate surface area is 189 Å². The van der Waals surface area contributed by atoms with Crippen LogP contribution in [0.4, 0.5) is 11.4 Å². The molecule has 0 fully saturated rings. The number of hydrogen-bond donors (Lipinski definition) is 1. The molecule has 1 amide bonds. The van der Waals surface area contributed by atoms with Gasteiger partial charge in [-0.2, -0.15) is 0 Å². The molecule has 0 aliphatic rings. The minimum Gasteiger partial charge on any atom is -0.425 e. The fourth-order valence-electron chi connectivity index (χ4n) is 3.57. The van der Waals surface area contributed by atoms with Gasteiger partial charge in [-0.15, -0.1) is 0 Å². The van der Waals surface area contributed by atoms with Crippen molar-refractivity contribution in [1.82, 2.24) is 0 Å². The molecule has 1 N–H and O–H groups in total. The number of nitrogens with one attached hydrogen (secondary N) is 1. The number of nitro benzene ring substituents is 1. The van der Waals surface area contributed by atoms with Crippen LogP contribution in [0, 0.1) is 10.1 Å². The molecule has 0 heterocycles. The van der Waals surface area contributed by atoms with Crippen molar-refractivity contribution in [3.63, 3.8) is 0 Å². The minimum atomic E-state index is -0.598. The maximum atomic E-state index is 12.6. The number of carbonyl (C=O) groups is 2. The van der Waals surface area contributed by atoms with Crippen molar-refractivity contribution in [2.45, 2.75) is 12.8 Å². The van der Waals surface area contributed by atoms with Crippen LogP contribution in [0.2, 0.25) is 0 Å². The number of esters is 1. The highest BCUT2D eigenvalue weighted by Crippen LogP contribution is 2.39. The number of carbonyl (C=O) groups excluding carboxylic acids is 2. The quantitative estimate of drug-likeness (QED) is 0.187. The molecular weight excluding hydrogens is 420 g/mol. The number of ether oxygens (including phenoxy) is 1. The van der Waals surface area contributed by atoms with Gasteiger partial charge in [0, 0.05) is 10.8 Å². The molecule has 0 saturated carbocycles. The number of benzene rings is 4. The summed E-state index contributed by atoms with van der Waals surface area (Å²) in [6.45, 7) is 0. The summed E-state index contributed by atoms with van der Waals surface area (Å²) in [6.07, 6.45) is 0.0959. The van der Waals surface area contributed by atoms with Gasteiger partial charge in [0.25, 0.3) is 5.69 Å². The van der Waals surface area contributed by atoms with Crippen molar-refractivity contribution in [1.29, 1.82) is 0 Å². The zero-order valence-electron chi connectivity index (χ0n) is 17.6. The molecular formula is C26H20N2O5. The Bertz CT molecular complexity index is 1320. The summed E-state index contributed by atoms with van der Waals surface area (Å²) in [5, 5.41) is 15.4. The lowest BCUT2D eigenvalue weighted by molar-refractivity contribution is -0.383. The van der Waals surface area contributed by atoms with Gasteiger partial charge in [0.2, 0.25) is 5.91 Å². The molecule has 0 bridgehead atoms. The van der Waals surface area contributed by atoms with E-state index in [-0.39, 0.29) is 35.9 Å². The van der Waals surface area contributed by atoms with Crippen LogP contribution in [0.25, 0.3) is 10.8 Å². The third-order valence-corrected chi connectivity index (χ3v) is 5.07. The Balaban J connectivity index is 1.67. The summed E-state index contributed by atoms with van der Waals surface area (Å²) in [5.74, 6) is -0.857. The molecule has 0 radical (unpaired) electrons. The molecule has 4 rings (SSSR count). The number of hydrogen-bond acceptors (Lipinski definition) is 5. The summed E-state index contributed by atoms with van der Waals surface area (Å²) in [6, 6.07) is 26.1. The zero-order chi connectivity index (χ0) is 23.2. The lowest BCUT2D eigenvalue weighted by atomic mass is 10.1. The lowest BCUT2D eigenvalue weighted by Gasteiger charge is -2.13. The van der Waals surface area contributed by atoms with Crippen LogP contribution in [0.3, 0.4) is 0 Å². The molecule has 7 heteroatoms. The molecule has 0 unspecified atom stereocenters. The van der Waals surface area contributed by atoms with Crippen molar-refractivity contribution in [2.75, 3.05) is 5.32 Å². The van der Waals surface area contributed by atoms with Crippen LogP contribution in [0.15, 0.2) is 91.0 Å². The van der Waals surface area contributed by atoms with Gasteiger partial charge in [0.05, 0.1) is 23.8 Å². The summed E-state index contributed by atoms with van der Waals surface area (Å²) < 4.78 is 5.52. The Morgan fingerprint density at radius 1 is 0.788 bits per heavy atom. The van der Waals surface area contributed by atoms with Gasteiger partial charge in [-0.3, -0.25) is 19.7 Å². The predicted octanol–water partition coefficient (Wildman–Crippen LogP) is 5.08. The van der Waals surface area contributed by atoms with E-state index in [9.17, 15) is 19.7 Å². The minimum absolute atomic E-state index is 0.0263. The second kappa shape index (κ2) is 9.74. The van der Waals surface area contributed by atoms with Gasteiger partial charge in [-0.05, 0) is 11.1 Å². The van der Waals surface area contributed by atoms with E-state index in [0.717, 1.165) is 11.1 Å². The third kappa shape index (κ3) is 5.22. The highest BCUT2D eigenvalue weighted by atomic mass is 16.6. The second-order valence-corrected chi connectivity index (χ2v) is 7.42. The first-order valence-electron chi connectivity index (χ1n) is 10.3. The molecule has 0 aliphatic heterocycles. The van der Waals surface area contributed by atoms with Gasteiger partial charge in [0.15, 0.2) is 0 Å². The molecule has 33 heavy (non-hydrogen) atoms. The SMILES string of the molecule is O=C(Cc1ccccc1)Nc1c([N+](=O)[O-])cc(OC(=O)Cc2ccccc2)c2ccccc12. The fourth-order valence-corrected chi connectivity index (χ4v) is 3.57. The maximum absolute atomic E-state index is 12.6. The van der Waals surface area contributed by atoms with Gasteiger partial charge < -0.3 is 10.1 Å². The first-order valence-corrected chi connectivity index (χ1v) is 10.3. The second-order valence-electron chi connectivity index (χ2n) is 7.42. The van der Waals surface area contributed by atoms with E-state index in [1.807, 2.05) is 36.4 Å². The van der Waals surface area contributed by atoms with E-state index in [0.29, 0.717) is 10.8 Å². The highest BCUT2D eigenvalue weighted by molar-refractivity contribution is 6.08. The third-order valence-electron chi connectivity index (χ3n) is 5.07. The lowest BCUT2D eigenvalue weighted by Crippen LogP contribution is -2.16. The molecule has 164 valence electrons. The summed E-state index contributed by atoms with van der Waals surface area (Å²) in [4.78, 5) is 36.4. The van der Waals surface area contributed by atoms with Gasteiger partial charge in [-0.25, -0.2) is 0 Å². The van der Waals surface area contributed by atoms with Gasteiger partial charge in [-0.1, -0.05) is 84.9 Å². The smallest absolute Gasteiger partial charge is 0.315 e. The van der Waals surface area contributed by atoms with E-state index < -0.39 is 10.9 Å². The molecule has 4 aromatic carbocycles. The zero-order valence-corrected chi connectivity index (χ0v) is 17.6. The molecule has 0 atom stereocenters. The first kappa shape index (κ1) is 21.7. The normalized spacial score (nSPS) is 10.5. The van der Waals surface area contributed by atoms with Crippen LogP contribution in [0.1, 0.15) is 11.1 Å². The summed E-state index contributed by atoms with van der Waals surface area (Å²) >= 11 is 0. The van der Waals surface area contributed by atoms with Crippen LogP contribution < -0.4 is 10.1 Å². The summed E-state index contributed by atoms with van der Waals surface area (Å²) in [5.41, 5.74) is 1.27. The molecule has 0 aromatic heterocycles. The van der Waals surface area contributed by atoms with Gasteiger partial charge >= 0.3 is 5.97 Å². The summed E-state index contributed by atoms with van der Waals surface area (Å²) in [7, 11) is 0. The van der Waals surface area contributed by atoms with E-state index in [4.69, 9.17) is 4.74 Å². The first-order chi connectivity index (χ1) is 16.0. The van der Waals surface area contributed by atoms with Crippen molar-refractivity contribution in [2.24, 2.45) is 0 Å². The number of anilines is 1. The van der Waals surface area contributed by atoms with Crippen LogP contribution >= 0.6 is 0 Å². The predicted molar refractivity (Wildman–Crippen MR) is 125 cm³/mol. The number of nitro groups is 1. The van der Waals surface area contributed by atoms with E-state index in [2.05, 4.69) is 5.32 Å². The molecule has 0 saturated heterocycles. The van der Waals surface area contributed by atoms with Crippen molar-refractivity contribution in [3.8, 4) is 5.75 Å². The number of nitrogens with zero attached hydrogens (tertiary/aromatic N) is 1. The van der Waals surface area contributed by atoms with E-state index >= 15 is 0 Å². The van der Waals surface area contributed by atoms with E-state index in [1.165, 1.54) is 6.07 Å². The van der Waals surface area contributed by atoms with Crippen LogP contribution in [0.5, 0.6) is 5.75 Å². The fraction of sp³-hybridized carbons (Fsp3) is 0.0769. The van der Waals surface area contributed by atoms with Crippen molar-refractivity contribution >= 4 is 34.0 Å². The topological polar surface area (TPSA) is 98.5 Å². The molecule has 7 nitrogen and oxygen atoms in total. The standard InChI is InChI=1S/C26H20N2O5/c29-24(15-18-9-3-1-4-10-18)27-26-21-14-8-7-13-20(21)23(17-22(26)28(31)32)33-25(30)16-19-11-5-2-6-12-19/h1-14,17H,15-16H2,(H,27,29). The largest absolute Gasteiger partial charge is 0.425 e. The number of rotatable bonds is 7. The van der Waals surface area contributed by atoms with E-state index in [1.54, 1.807) is 48.5 Å². The van der Waals surface area contributed by atoms with Crippen molar-refractivity contribution < 1.29 is 19.2 Å². The Hall–Kier alpha value is -4.52. The Morgan fingerprint density at radius 3 is 1.94 bits per heavy atom. The Morgan fingerprint density at radius 2 is 1.33 bits per heavy atom. The highest BCUT2D eigenvalue weighted by Gasteiger charge is 2.24. The molecule has 0 aliphatic carbocycles. The van der Waals surface area contributed by atoms with Crippen LogP contribution in [-0.2, 0) is 22.4 Å². The van der Waals surface area contributed by atoms with Crippen LogP contribution in [-0.4, -0.2) is 16.8 Å². The Kier molecular flexibility index (Phi) is 6.40. The van der Waals surface area contributed by atoms with Crippen molar-refractivity contribution in [3.05, 3.63) is 112 Å². The molecule has 0 spiro atoms. The number of fused-ring (bicyclic) bond motifs is 1. The maximum Gasteiger partial charge on any atom is 0.315 e. The average molecular weight is 440 g/mol. The monoisotopic (exact) mass is 440 g/mol.